The molecule has 1 amide bonds. The SMILES string of the molecule is CN(C)[C@@H]1C(=O)C(C(N)=O)=C(O)[C@@]2(O)C(=O)C3=C(O)c4c(O)ccc(CNOC(C)(C)C)c4CC3CC12. The number of carbonyl (C=O) groups excluding carboxylic acids is 3. The van der Waals surface area contributed by atoms with E-state index in [1.807, 2.05) is 20.8 Å². The molecule has 1 aromatic carbocycles. The van der Waals surface area contributed by atoms with Gasteiger partial charge < -0.3 is 26.2 Å². The smallest absolute Gasteiger partial charge is 0.255 e. The number of nitrogens with zero attached hydrogens (tertiary/aromatic N) is 1. The van der Waals surface area contributed by atoms with Gasteiger partial charge in [-0.15, -0.1) is 0 Å². The molecule has 0 saturated heterocycles. The van der Waals surface area contributed by atoms with Crippen LogP contribution in [0.5, 0.6) is 5.75 Å². The van der Waals surface area contributed by atoms with Gasteiger partial charge in [-0.3, -0.25) is 24.1 Å². The molecule has 3 aliphatic carbocycles. The molecule has 1 saturated carbocycles. The van der Waals surface area contributed by atoms with E-state index in [0.717, 1.165) is 5.56 Å². The zero-order valence-corrected chi connectivity index (χ0v) is 21.5. The number of amides is 1. The maximum absolute atomic E-state index is 13.8. The van der Waals surface area contributed by atoms with Gasteiger partial charge in [0.25, 0.3) is 5.91 Å². The number of hydrogen-bond donors (Lipinski definition) is 6. The van der Waals surface area contributed by atoms with E-state index in [9.17, 15) is 34.8 Å². The van der Waals surface area contributed by atoms with Gasteiger partial charge in [-0.1, -0.05) is 6.07 Å². The van der Waals surface area contributed by atoms with E-state index in [-0.39, 0.29) is 36.3 Å². The molecular weight excluding hydrogens is 482 g/mol. The summed E-state index contributed by atoms with van der Waals surface area (Å²) in [6.45, 7) is 5.88. The molecule has 0 radical (unpaired) electrons. The Labute approximate surface area is 214 Å². The van der Waals surface area contributed by atoms with Crippen LogP contribution in [-0.2, 0) is 32.2 Å². The van der Waals surface area contributed by atoms with Gasteiger partial charge in [0, 0.05) is 18.0 Å². The minimum absolute atomic E-state index is 0.0345. The first-order valence-electron chi connectivity index (χ1n) is 12.0. The van der Waals surface area contributed by atoms with Crippen molar-refractivity contribution in [3.05, 3.63) is 45.7 Å². The third-order valence-corrected chi connectivity index (χ3v) is 7.34. The van der Waals surface area contributed by atoms with Crippen molar-refractivity contribution in [3.8, 4) is 5.75 Å². The molecule has 11 heteroatoms. The Morgan fingerprint density at radius 3 is 2.43 bits per heavy atom. The molecule has 0 spiro atoms. The molecule has 1 fully saturated rings. The van der Waals surface area contributed by atoms with Crippen LogP contribution in [0.2, 0.25) is 0 Å². The summed E-state index contributed by atoms with van der Waals surface area (Å²) < 4.78 is 0. The van der Waals surface area contributed by atoms with Crippen LogP contribution in [0, 0.1) is 11.8 Å². The Balaban J connectivity index is 1.86. The number of hydroxylamine groups is 1. The number of carbonyl (C=O) groups is 3. The second-order valence-corrected chi connectivity index (χ2v) is 11.1. The number of nitrogens with one attached hydrogen (secondary N) is 1. The fraction of sp³-hybridized carbons (Fsp3) is 0.500. The van der Waals surface area contributed by atoms with Gasteiger partial charge in [0.15, 0.2) is 11.4 Å². The topological polar surface area (TPSA) is 183 Å². The Hall–Kier alpha value is -3.25. The van der Waals surface area contributed by atoms with Crippen LogP contribution in [0.3, 0.4) is 0 Å². The summed E-state index contributed by atoms with van der Waals surface area (Å²) in [4.78, 5) is 46.1. The molecule has 11 nitrogen and oxygen atoms in total. The van der Waals surface area contributed by atoms with Gasteiger partial charge in [-0.05, 0) is 70.8 Å². The number of aliphatic hydroxyl groups is 3. The Morgan fingerprint density at radius 2 is 1.86 bits per heavy atom. The van der Waals surface area contributed by atoms with Crippen molar-refractivity contribution in [1.82, 2.24) is 10.4 Å². The number of aliphatic hydroxyl groups excluding tert-OH is 2. The summed E-state index contributed by atoms with van der Waals surface area (Å²) in [5.41, 5.74) is 5.45. The minimum atomic E-state index is -2.65. The number of likely N-dealkylation sites (N-methyl/N-ethyl adjacent to an activating group) is 1. The van der Waals surface area contributed by atoms with Gasteiger partial charge in [-0.25, -0.2) is 0 Å². The number of aromatic hydroxyl groups is 1. The molecule has 4 atom stereocenters. The summed E-state index contributed by atoms with van der Waals surface area (Å²) in [7, 11) is 3.12. The van der Waals surface area contributed by atoms with E-state index in [0.29, 0.717) is 5.56 Å². The molecule has 0 bridgehead atoms. The van der Waals surface area contributed by atoms with Gasteiger partial charge >= 0.3 is 0 Å². The molecule has 4 rings (SSSR count). The second kappa shape index (κ2) is 8.95. The number of hydrogen-bond acceptors (Lipinski definition) is 10. The van der Waals surface area contributed by atoms with Gasteiger partial charge in [0.05, 0.1) is 17.2 Å². The van der Waals surface area contributed by atoms with Crippen LogP contribution in [0.15, 0.2) is 29.0 Å². The van der Waals surface area contributed by atoms with Crippen LogP contribution in [0.4, 0.5) is 0 Å². The molecule has 0 heterocycles. The van der Waals surface area contributed by atoms with E-state index in [2.05, 4.69) is 5.48 Å². The zero-order valence-electron chi connectivity index (χ0n) is 21.5. The van der Waals surface area contributed by atoms with Crippen LogP contribution >= 0.6 is 0 Å². The highest BCUT2D eigenvalue weighted by Crippen LogP contribution is 2.52. The van der Waals surface area contributed by atoms with Crippen molar-refractivity contribution < 1.29 is 39.6 Å². The van der Waals surface area contributed by atoms with Crippen molar-refractivity contribution in [3.63, 3.8) is 0 Å². The standard InChI is InChI=1S/C26H33N3O8/c1-25(2,3)37-28-10-11-6-7-15(30)17-13(11)8-12-9-14-19(29(4)5)21(32)18(24(27)35)23(34)26(14,36)22(33)16(12)20(17)31/h6-7,12,14,19,28,30-31,34,36H,8-10H2,1-5H3,(H2,27,35)/t12?,14?,19-,26-/m0/s1. The summed E-state index contributed by atoms with van der Waals surface area (Å²) in [6, 6.07) is 1.95. The van der Waals surface area contributed by atoms with E-state index < -0.39 is 63.6 Å². The quantitative estimate of drug-likeness (QED) is 0.242. The fourth-order valence-corrected chi connectivity index (χ4v) is 5.80. The average molecular weight is 516 g/mol. The maximum Gasteiger partial charge on any atom is 0.255 e. The van der Waals surface area contributed by atoms with Gasteiger partial charge in [0.2, 0.25) is 5.78 Å². The molecule has 2 unspecified atom stereocenters. The summed E-state index contributed by atoms with van der Waals surface area (Å²) in [5, 5.41) is 44.3. The van der Waals surface area contributed by atoms with Crippen molar-refractivity contribution in [1.29, 1.82) is 0 Å². The highest BCUT2D eigenvalue weighted by atomic mass is 16.7. The van der Waals surface area contributed by atoms with E-state index in [4.69, 9.17) is 10.6 Å². The third kappa shape index (κ3) is 4.11. The van der Waals surface area contributed by atoms with E-state index >= 15 is 0 Å². The summed E-state index contributed by atoms with van der Waals surface area (Å²) >= 11 is 0. The average Bonchev–Trinajstić information content (AvgIpc) is 2.76. The number of primary amides is 1. The van der Waals surface area contributed by atoms with Crippen LogP contribution in [-0.4, -0.2) is 74.1 Å². The first kappa shape index (κ1) is 26.8. The summed E-state index contributed by atoms with van der Waals surface area (Å²) in [6.07, 6.45) is 0.252. The molecular formula is C26H33N3O8. The van der Waals surface area contributed by atoms with Crippen LogP contribution in [0.25, 0.3) is 5.76 Å². The first-order valence-corrected chi connectivity index (χ1v) is 12.0. The van der Waals surface area contributed by atoms with Gasteiger partial charge in [-0.2, -0.15) is 5.48 Å². The number of Topliss-reactive ketones (excluding diaryl/α,β-unsaturated/α-hetero) is 2. The van der Waals surface area contributed by atoms with Crippen molar-refractivity contribution in [2.75, 3.05) is 14.1 Å². The number of phenols is 1. The molecule has 200 valence electrons. The second-order valence-electron chi connectivity index (χ2n) is 11.1. The predicted octanol–water partition coefficient (Wildman–Crippen LogP) is 0.784. The van der Waals surface area contributed by atoms with E-state index in [1.165, 1.54) is 11.0 Å². The number of nitrogens with two attached hydrogens (primary N) is 1. The van der Waals surface area contributed by atoms with Crippen molar-refractivity contribution in [2.24, 2.45) is 17.6 Å². The monoisotopic (exact) mass is 515 g/mol. The number of phenolic OH excluding ortho intramolecular Hbond substituents is 1. The Bertz CT molecular complexity index is 1260. The van der Waals surface area contributed by atoms with Crippen molar-refractivity contribution in [2.45, 2.75) is 57.4 Å². The molecule has 3 aliphatic rings. The fourth-order valence-electron chi connectivity index (χ4n) is 5.80. The lowest BCUT2D eigenvalue weighted by atomic mass is 9.57. The predicted molar refractivity (Wildman–Crippen MR) is 132 cm³/mol. The van der Waals surface area contributed by atoms with Gasteiger partial charge in [0.1, 0.15) is 22.8 Å². The zero-order chi connectivity index (χ0) is 27.6. The van der Waals surface area contributed by atoms with Crippen LogP contribution in [0.1, 0.15) is 43.9 Å². The Morgan fingerprint density at radius 1 is 1.22 bits per heavy atom. The largest absolute Gasteiger partial charge is 0.508 e. The minimum Gasteiger partial charge on any atom is -0.508 e. The summed E-state index contributed by atoms with van der Waals surface area (Å²) in [5.74, 6) is -6.72. The molecule has 7 N–H and O–H groups in total. The number of fused-ring (bicyclic) bond motifs is 3. The molecule has 0 aromatic heterocycles. The lowest BCUT2D eigenvalue weighted by molar-refractivity contribution is -0.153. The maximum atomic E-state index is 13.8. The van der Waals surface area contributed by atoms with E-state index in [1.54, 1.807) is 20.2 Å². The lowest BCUT2D eigenvalue weighted by Crippen LogP contribution is -2.65. The first-order chi connectivity index (χ1) is 17.1. The molecule has 1 aromatic rings. The number of rotatable bonds is 5. The Kier molecular flexibility index (Phi) is 6.48. The lowest BCUT2D eigenvalue weighted by Gasteiger charge is -2.50. The molecule has 37 heavy (non-hydrogen) atoms. The highest BCUT2D eigenvalue weighted by molar-refractivity contribution is 6.24. The van der Waals surface area contributed by atoms with Crippen molar-refractivity contribution >= 4 is 23.2 Å². The normalized spacial score (nSPS) is 27.8. The van der Waals surface area contributed by atoms with Crippen LogP contribution < -0.4 is 11.2 Å². The number of benzene rings is 1. The highest BCUT2D eigenvalue weighted by Gasteiger charge is 2.64. The molecule has 0 aliphatic heterocycles. The third-order valence-electron chi connectivity index (χ3n) is 7.34. The number of ketones is 2.